The van der Waals surface area contributed by atoms with Gasteiger partial charge in [0.05, 0.1) is 13.2 Å². The van der Waals surface area contributed by atoms with Gasteiger partial charge in [-0.15, -0.1) is 0 Å². The van der Waals surface area contributed by atoms with Crippen LogP contribution in [0.15, 0.2) is 89.4 Å². The fourth-order valence-electron chi connectivity index (χ4n) is 6.18. The number of anilines is 1. The Morgan fingerprint density at radius 3 is 2.31 bits per heavy atom. The van der Waals surface area contributed by atoms with Crippen LogP contribution in [0, 0.1) is 13.8 Å². The fourth-order valence-corrected chi connectivity index (χ4v) is 6.18. The van der Waals surface area contributed by atoms with Crippen LogP contribution >= 0.6 is 0 Å². The molecule has 0 aliphatic carbocycles. The molecule has 0 saturated carbocycles. The van der Waals surface area contributed by atoms with Crippen LogP contribution in [-0.2, 0) is 40.3 Å². The number of morpholine rings is 1. The Kier molecular flexibility index (Phi) is 9.41. The smallest absolute Gasteiger partial charge is 0.247 e. The molecule has 0 bridgehead atoms. The van der Waals surface area contributed by atoms with Gasteiger partial charge in [0.15, 0.2) is 5.89 Å². The van der Waals surface area contributed by atoms with Crippen LogP contribution in [0.5, 0.6) is 0 Å². The van der Waals surface area contributed by atoms with Crippen LogP contribution in [0.3, 0.4) is 0 Å². The van der Waals surface area contributed by atoms with Gasteiger partial charge in [0.25, 0.3) is 0 Å². The Balaban J connectivity index is 1.33. The third-order valence-electron chi connectivity index (χ3n) is 8.65. The predicted octanol–water partition coefficient (Wildman–Crippen LogP) is 5.37. The standard InChI is InChI=1S/C37H40N4O4/c1-27-34(38-28(2)45-27)16-17-36(42)41(25-30-12-14-33(15-13-30)39-20-22-44-23-21-39)35(24-29-8-4-3-5-9-29)37(43)40-19-18-31-10-6-7-11-32(31)26-40/h3-17,35H,18-26H2,1-2H3/t35-/m0/s1. The minimum absolute atomic E-state index is 0.0477. The second-order valence-corrected chi connectivity index (χ2v) is 11.7. The molecule has 3 aromatic carbocycles. The average molecular weight is 605 g/mol. The number of rotatable bonds is 9. The fraction of sp³-hybridized carbons (Fsp3) is 0.324. The topological polar surface area (TPSA) is 79.1 Å². The van der Waals surface area contributed by atoms with Crippen LogP contribution in [0.4, 0.5) is 5.69 Å². The lowest BCUT2D eigenvalue weighted by Crippen LogP contribution is -2.52. The van der Waals surface area contributed by atoms with Gasteiger partial charge in [-0.2, -0.15) is 0 Å². The number of amides is 2. The summed E-state index contributed by atoms with van der Waals surface area (Å²) >= 11 is 0. The van der Waals surface area contributed by atoms with E-state index in [0.717, 1.165) is 41.9 Å². The number of hydrogen-bond donors (Lipinski definition) is 0. The van der Waals surface area contributed by atoms with Crippen LogP contribution in [0.2, 0.25) is 0 Å². The second kappa shape index (κ2) is 13.9. The first-order valence-electron chi connectivity index (χ1n) is 15.7. The number of oxazole rings is 1. The van der Waals surface area contributed by atoms with E-state index >= 15 is 0 Å². The largest absolute Gasteiger partial charge is 0.446 e. The van der Waals surface area contributed by atoms with E-state index < -0.39 is 6.04 Å². The Bertz CT molecular complexity index is 1640. The van der Waals surface area contributed by atoms with E-state index in [0.29, 0.717) is 50.1 Å². The lowest BCUT2D eigenvalue weighted by atomic mass is 9.97. The highest BCUT2D eigenvalue weighted by Gasteiger charge is 2.34. The maximum atomic E-state index is 14.5. The minimum atomic E-state index is -0.700. The molecule has 2 aliphatic rings. The van der Waals surface area contributed by atoms with Crippen LogP contribution in [-0.4, -0.2) is 65.5 Å². The van der Waals surface area contributed by atoms with E-state index in [-0.39, 0.29) is 18.4 Å². The van der Waals surface area contributed by atoms with Crippen molar-refractivity contribution >= 4 is 23.6 Å². The molecule has 0 N–H and O–H groups in total. The second-order valence-electron chi connectivity index (χ2n) is 11.7. The molecule has 8 heteroatoms. The highest BCUT2D eigenvalue weighted by molar-refractivity contribution is 5.95. The summed E-state index contributed by atoms with van der Waals surface area (Å²) < 4.78 is 11.1. The number of nitrogens with zero attached hydrogens (tertiary/aromatic N) is 4. The molecule has 2 amide bonds. The number of aromatic nitrogens is 1. The molecule has 1 aromatic heterocycles. The molecule has 0 spiro atoms. The Hall–Kier alpha value is -4.69. The molecular formula is C37H40N4O4. The van der Waals surface area contributed by atoms with Crippen molar-refractivity contribution in [1.29, 1.82) is 0 Å². The van der Waals surface area contributed by atoms with E-state index in [2.05, 4.69) is 46.3 Å². The molecule has 45 heavy (non-hydrogen) atoms. The Morgan fingerprint density at radius 1 is 0.889 bits per heavy atom. The zero-order valence-electron chi connectivity index (χ0n) is 26.0. The van der Waals surface area contributed by atoms with Gasteiger partial charge < -0.3 is 23.9 Å². The summed E-state index contributed by atoms with van der Waals surface area (Å²) in [5, 5.41) is 0. The van der Waals surface area contributed by atoms with Crippen LogP contribution in [0.25, 0.3) is 6.08 Å². The SMILES string of the molecule is Cc1nc(C=CC(=O)N(Cc2ccc(N3CCOCC3)cc2)[C@@H](Cc2ccccc2)C(=O)N2CCc3ccccc3C2)c(C)o1. The summed E-state index contributed by atoms with van der Waals surface area (Å²) in [5.41, 5.74) is 6.12. The lowest BCUT2D eigenvalue weighted by Gasteiger charge is -2.37. The number of fused-ring (bicyclic) bond motifs is 1. The van der Waals surface area contributed by atoms with E-state index in [4.69, 9.17) is 9.15 Å². The number of benzene rings is 3. The maximum absolute atomic E-state index is 14.5. The summed E-state index contributed by atoms with van der Waals surface area (Å²) in [7, 11) is 0. The van der Waals surface area contributed by atoms with Gasteiger partial charge in [-0.1, -0.05) is 66.7 Å². The molecular weight excluding hydrogens is 564 g/mol. The summed E-state index contributed by atoms with van der Waals surface area (Å²) in [4.78, 5) is 39.0. The monoisotopic (exact) mass is 604 g/mol. The molecule has 2 aliphatic heterocycles. The van der Waals surface area contributed by atoms with Crippen LogP contribution < -0.4 is 4.90 Å². The molecule has 1 saturated heterocycles. The van der Waals surface area contributed by atoms with Crippen molar-refractivity contribution in [3.05, 3.63) is 125 Å². The van der Waals surface area contributed by atoms with E-state index in [1.54, 1.807) is 17.9 Å². The Labute approximate surface area is 264 Å². The number of carbonyl (C=O) groups is 2. The van der Waals surface area contributed by atoms with Gasteiger partial charge in [0, 0.05) is 57.8 Å². The highest BCUT2D eigenvalue weighted by Crippen LogP contribution is 2.24. The summed E-state index contributed by atoms with van der Waals surface area (Å²) in [6, 6.07) is 25.8. The Morgan fingerprint density at radius 2 is 1.60 bits per heavy atom. The van der Waals surface area contributed by atoms with Gasteiger partial charge in [-0.25, -0.2) is 4.98 Å². The van der Waals surface area contributed by atoms with Crippen molar-refractivity contribution < 1.29 is 18.7 Å². The molecule has 232 valence electrons. The van der Waals surface area contributed by atoms with Crippen molar-refractivity contribution in [2.75, 3.05) is 37.7 Å². The molecule has 3 heterocycles. The van der Waals surface area contributed by atoms with Gasteiger partial charge in [0.1, 0.15) is 17.5 Å². The first-order valence-corrected chi connectivity index (χ1v) is 15.7. The van der Waals surface area contributed by atoms with Crippen molar-refractivity contribution in [2.45, 2.75) is 45.8 Å². The predicted molar refractivity (Wildman–Crippen MR) is 175 cm³/mol. The average Bonchev–Trinajstić information content (AvgIpc) is 3.41. The number of hydrogen-bond acceptors (Lipinski definition) is 6. The maximum Gasteiger partial charge on any atom is 0.247 e. The van der Waals surface area contributed by atoms with Crippen molar-refractivity contribution in [2.24, 2.45) is 0 Å². The first kappa shape index (κ1) is 30.3. The molecule has 0 radical (unpaired) electrons. The number of aryl methyl sites for hydroxylation is 2. The van der Waals surface area contributed by atoms with Gasteiger partial charge in [-0.3, -0.25) is 9.59 Å². The molecule has 6 rings (SSSR count). The summed E-state index contributed by atoms with van der Waals surface area (Å²) in [6.45, 7) is 8.17. The first-order chi connectivity index (χ1) is 21.9. The quantitative estimate of drug-likeness (QED) is 0.239. The normalized spacial score (nSPS) is 15.6. The van der Waals surface area contributed by atoms with E-state index in [9.17, 15) is 9.59 Å². The summed E-state index contributed by atoms with van der Waals surface area (Å²) in [6.07, 6.45) is 4.40. The lowest BCUT2D eigenvalue weighted by molar-refractivity contribution is -0.144. The van der Waals surface area contributed by atoms with Crippen molar-refractivity contribution in [3.8, 4) is 0 Å². The third-order valence-corrected chi connectivity index (χ3v) is 8.65. The number of ether oxygens (including phenoxy) is 1. The minimum Gasteiger partial charge on any atom is -0.446 e. The molecule has 0 unspecified atom stereocenters. The van der Waals surface area contributed by atoms with Crippen LogP contribution in [0.1, 0.15) is 39.6 Å². The van der Waals surface area contributed by atoms with Crippen molar-refractivity contribution in [1.82, 2.24) is 14.8 Å². The van der Waals surface area contributed by atoms with E-state index in [1.165, 1.54) is 11.6 Å². The van der Waals surface area contributed by atoms with Gasteiger partial charge >= 0.3 is 0 Å². The molecule has 4 aromatic rings. The molecule has 1 atom stereocenters. The third kappa shape index (κ3) is 7.35. The van der Waals surface area contributed by atoms with Gasteiger partial charge in [-0.05, 0) is 53.8 Å². The number of carbonyl (C=O) groups excluding carboxylic acids is 2. The zero-order chi connectivity index (χ0) is 31.2. The highest BCUT2D eigenvalue weighted by atomic mass is 16.5. The zero-order valence-corrected chi connectivity index (χ0v) is 26.0. The van der Waals surface area contributed by atoms with E-state index in [1.807, 2.05) is 54.3 Å². The van der Waals surface area contributed by atoms with Crippen molar-refractivity contribution in [3.63, 3.8) is 0 Å². The summed E-state index contributed by atoms with van der Waals surface area (Å²) in [5.74, 6) is 0.887. The van der Waals surface area contributed by atoms with Gasteiger partial charge in [0.2, 0.25) is 11.8 Å². The molecule has 1 fully saturated rings. The molecule has 8 nitrogen and oxygen atoms in total.